The molecule has 6 heteroatoms. The highest BCUT2D eigenvalue weighted by molar-refractivity contribution is 8.00. The number of hydrogen-bond donors (Lipinski definition) is 1. The van der Waals surface area contributed by atoms with E-state index in [-0.39, 0.29) is 0 Å². The van der Waals surface area contributed by atoms with Gasteiger partial charge in [0.25, 0.3) is 0 Å². The SMILES string of the molecule is Cc1cc(-c2cnc(Cl)c(NSc3cccc4ncccc34)c2C)ccn1. The molecular formula is C21H17ClN4S. The second-order valence-electron chi connectivity index (χ2n) is 6.18. The van der Waals surface area contributed by atoms with Crippen LogP contribution in [0.5, 0.6) is 0 Å². The fourth-order valence-electron chi connectivity index (χ4n) is 2.96. The summed E-state index contributed by atoms with van der Waals surface area (Å²) in [6.45, 7) is 4.03. The Morgan fingerprint density at radius 2 is 1.85 bits per heavy atom. The van der Waals surface area contributed by atoms with Gasteiger partial charge >= 0.3 is 0 Å². The number of pyridine rings is 3. The van der Waals surface area contributed by atoms with E-state index < -0.39 is 0 Å². The van der Waals surface area contributed by atoms with Crippen molar-refractivity contribution in [3.63, 3.8) is 0 Å². The van der Waals surface area contributed by atoms with Crippen LogP contribution >= 0.6 is 23.5 Å². The van der Waals surface area contributed by atoms with E-state index in [2.05, 4.69) is 31.8 Å². The predicted octanol–water partition coefficient (Wildman–Crippen LogP) is 6.08. The summed E-state index contributed by atoms with van der Waals surface area (Å²) in [5.74, 6) is 0. The van der Waals surface area contributed by atoms with Crippen molar-refractivity contribution >= 4 is 40.1 Å². The van der Waals surface area contributed by atoms with Crippen LogP contribution in [-0.4, -0.2) is 15.0 Å². The fourth-order valence-corrected chi connectivity index (χ4v) is 4.15. The summed E-state index contributed by atoms with van der Waals surface area (Å²) >= 11 is 7.90. The molecule has 0 aliphatic heterocycles. The van der Waals surface area contributed by atoms with Crippen LogP contribution in [0.4, 0.5) is 5.69 Å². The van der Waals surface area contributed by atoms with E-state index in [1.54, 1.807) is 6.20 Å². The van der Waals surface area contributed by atoms with Gasteiger partial charge in [-0.1, -0.05) is 23.7 Å². The highest BCUT2D eigenvalue weighted by Gasteiger charge is 2.13. The quantitative estimate of drug-likeness (QED) is 0.337. The Bertz CT molecular complexity index is 1120. The maximum atomic E-state index is 6.39. The normalized spacial score (nSPS) is 10.9. The summed E-state index contributed by atoms with van der Waals surface area (Å²) in [6, 6.07) is 14.1. The topological polar surface area (TPSA) is 50.7 Å². The fraction of sp³-hybridized carbons (Fsp3) is 0.0952. The maximum Gasteiger partial charge on any atom is 0.153 e. The molecule has 134 valence electrons. The van der Waals surface area contributed by atoms with Crippen LogP contribution in [0, 0.1) is 13.8 Å². The van der Waals surface area contributed by atoms with Gasteiger partial charge in [-0.15, -0.1) is 0 Å². The molecule has 0 amide bonds. The molecule has 4 rings (SSSR count). The second-order valence-corrected chi connectivity index (χ2v) is 7.39. The molecule has 0 saturated carbocycles. The number of anilines is 1. The van der Waals surface area contributed by atoms with Crippen molar-refractivity contribution in [2.24, 2.45) is 0 Å². The zero-order valence-electron chi connectivity index (χ0n) is 14.9. The third kappa shape index (κ3) is 3.61. The third-order valence-electron chi connectivity index (χ3n) is 4.37. The molecule has 4 nitrogen and oxygen atoms in total. The van der Waals surface area contributed by atoms with E-state index in [0.29, 0.717) is 5.15 Å². The molecule has 0 aliphatic carbocycles. The van der Waals surface area contributed by atoms with E-state index in [1.807, 2.05) is 56.6 Å². The number of benzene rings is 1. The summed E-state index contributed by atoms with van der Waals surface area (Å²) in [5, 5.41) is 1.55. The monoisotopic (exact) mass is 392 g/mol. The van der Waals surface area contributed by atoms with Gasteiger partial charge in [0.1, 0.15) is 0 Å². The van der Waals surface area contributed by atoms with Gasteiger partial charge in [0, 0.05) is 40.1 Å². The Morgan fingerprint density at radius 1 is 0.963 bits per heavy atom. The number of aryl methyl sites for hydroxylation is 1. The van der Waals surface area contributed by atoms with Crippen LogP contribution in [0.15, 0.2) is 66.0 Å². The molecule has 0 fully saturated rings. The maximum absolute atomic E-state index is 6.39. The molecule has 0 unspecified atom stereocenters. The minimum atomic E-state index is 0.452. The van der Waals surface area contributed by atoms with Gasteiger partial charge in [-0.3, -0.25) is 9.97 Å². The lowest BCUT2D eigenvalue weighted by atomic mass is 10.0. The Hall–Kier alpha value is -2.63. The van der Waals surface area contributed by atoms with Crippen molar-refractivity contribution in [1.82, 2.24) is 15.0 Å². The lowest BCUT2D eigenvalue weighted by Crippen LogP contribution is -1.97. The van der Waals surface area contributed by atoms with E-state index in [0.717, 1.165) is 43.9 Å². The summed E-state index contributed by atoms with van der Waals surface area (Å²) < 4.78 is 3.39. The van der Waals surface area contributed by atoms with Gasteiger partial charge in [0.2, 0.25) is 0 Å². The summed E-state index contributed by atoms with van der Waals surface area (Å²) in [4.78, 5) is 14.1. The highest BCUT2D eigenvalue weighted by atomic mass is 35.5. The van der Waals surface area contributed by atoms with Crippen LogP contribution in [0.2, 0.25) is 5.15 Å². The number of halogens is 1. The summed E-state index contributed by atoms with van der Waals surface area (Å²) in [7, 11) is 0. The number of rotatable bonds is 4. The van der Waals surface area contributed by atoms with Gasteiger partial charge in [0.15, 0.2) is 5.15 Å². The van der Waals surface area contributed by atoms with Crippen LogP contribution in [0.25, 0.3) is 22.0 Å². The standard InChI is InChI=1S/C21H17ClN4S/c1-13-11-15(8-10-23-13)17-12-25-21(22)20(14(17)2)26-27-19-7-3-6-18-16(19)5-4-9-24-18/h3-12,26H,1-2H3. The first kappa shape index (κ1) is 17.8. The Kier molecular flexibility index (Phi) is 4.97. The van der Waals surface area contributed by atoms with E-state index >= 15 is 0 Å². The Morgan fingerprint density at radius 3 is 2.70 bits per heavy atom. The van der Waals surface area contributed by atoms with Crippen LogP contribution in [0.3, 0.4) is 0 Å². The molecule has 0 aliphatic rings. The van der Waals surface area contributed by atoms with Crippen LogP contribution in [0.1, 0.15) is 11.3 Å². The molecule has 0 saturated heterocycles. The van der Waals surface area contributed by atoms with Crippen molar-refractivity contribution in [2.45, 2.75) is 18.7 Å². The largest absolute Gasteiger partial charge is 0.323 e. The molecule has 0 spiro atoms. The minimum absolute atomic E-state index is 0.452. The molecule has 0 atom stereocenters. The zero-order valence-corrected chi connectivity index (χ0v) is 16.5. The van der Waals surface area contributed by atoms with E-state index in [1.165, 1.54) is 11.9 Å². The van der Waals surface area contributed by atoms with Crippen LogP contribution < -0.4 is 4.72 Å². The van der Waals surface area contributed by atoms with Crippen molar-refractivity contribution in [1.29, 1.82) is 0 Å². The van der Waals surface area contributed by atoms with Crippen molar-refractivity contribution in [3.8, 4) is 11.1 Å². The average Bonchev–Trinajstić information content (AvgIpc) is 2.68. The molecule has 0 radical (unpaired) electrons. The number of hydrogen-bond acceptors (Lipinski definition) is 5. The van der Waals surface area contributed by atoms with Gasteiger partial charge in [-0.05, 0) is 67.3 Å². The lowest BCUT2D eigenvalue weighted by molar-refractivity contribution is 1.20. The molecule has 1 N–H and O–H groups in total. The van der Waals surface area contributed by atoms with Crippen molar-refractivity contribution in [3.05, 3.63) is 77.5 Å². The van der Waals surface area contributed by atoms with Gasteiger partial charge in [0.05, 0.1) is 11.2 Å². The molecule has 1 aromatic carbocycles. The van der Waals surface area contributed by atoms with Crippen molar-refractivity contribution in [2.75, 3.05) is 4.72 Å². The molecule has 27 heavy (non-hydrogen) atoms. The molecule has 4 aromatic rings. The second kappa shape index (κ2) is 7.55. The smallest absolute Gasteiger partial charge is 0.153 e. The lowest BCUT2D eigenvalue weighted by Gasteiger charge is -2.15. The predicted molar refractivity (Wildman–Crippen MR) is 113 cm³/mol. The molecule has 3 heterocycles. The third-order valence-corrected chi connectivity index (χ3v) is 5.54. The average molecular weight is 393 g/mol. The minimum Gasteiger partial charge on any atom is -0.323 e. The molecular weight excluding hydrogens is 376 g/mol. The van der Waals surface area contributed by atoms with E-state index in [9.17, 15) is 0 Å². The van der Waals surface area contributed by atoms with Gasteiger partial charge in [-0.25, -0.2) is 4.98 Å². The first-order chi connectivity index (χ1) is 13.1. The number of nitrogens with zero attached hydrogens (tertiary/aromatic N) is 3. The summed E-state index contributed by atoms with van der Waals surface area (Å²) in [6.07, 6.45) is 5.42. The molecule has 0 bridgehead atoms. The number of nitrogens with one attached hydrogen (secondary N) is 1. The van der Waals surface area contributed by atoms with Gasteiger partial charge < -0.3 is 4.72 Å². The van der Waals surface area contributed by atoms with Crippen LogP contribution in [-0.2, 0) is 0 Å². The first-order valence-electron chi connectivity index (χ1n) is 8.48. The Balaban J connectivity index is 1.69. The summed E-state index contributed by atoms with van der Waals surface area (Å²) in [5.41, 5.74) is 5.90. The highest BCUT2D eigenvalue weighted by Crippen LogP contribution is 2.36. The molecule has 3 aromatic heterocycles. The first-order valence-corrected chi connectivity index (χ1v) is 9.67. The van der Waals surface area contributed by atoms with Gasteiger partial charge in [-0.2, -0.15) is 0 Å². The number of fused-ring (bicyclic) bond motifs is 1. The Labute approximate surface area is 167 Å². The zero-order chi connectivity index (χ0) is 18.8. The van der Waals surface area contributed by atoms with Crippen molar-refractivity contribution < 1.29 is 0 Å². The number of aromatic nitrogens is 3. The van der Waals surface area contributed by atoms with E-state index in [4.69, 9.17) is 11.6 Å².